The lowest BCUT2D eigenvalue weighted by Gasteiger charge is -2.08. The average molecular weight is 319 g/mol. The Morgan fingerprint density at radius 2 is 1.84 bits per heavy atom. The Morgan fingerprint density at radius 1 is 1.11 bits per heavy atom. The molecule has 0 aromatic heterocycles. The maximum atomic E-state index is 12.1. The lowest BCUT2D eigenvalue weighted by molar-refractivity contribution is -0.117. The predicted molar refractivity (Wildman–Crippen MR) is 79.6 cm³/mol. The number of methoxy groups -OCH3 is 1. The van der Waals surface area contributed by atoms with E-state index in [2.05, 4.69) is 15.9 Å². The van der Waals surface area contributed by atoms with Crippen LogP contribution in [0.1, 0.15) is 11.1 Å². The SMILES string of the molecule is COc1ccc(Br)cc1CC(=O)Cc1ccccc1. The Morgan fingerprint density at radius 3 is 2.53 bits per heavy atom. The number of carbonyl (C=O) groups is 1. The lowest BCUT2D eigenvalue weighted by Crippen LogP contribution is -2.07. The van der Waals surface area contributed by atoms with Crippen LogP contribution in [0, 0.1) is 0 Å². The summed E-state index contributed by atoms with van der Waals surface area (Å²) in [5, 5.41) is 0. The molecular formula is C16H15BrO2. The number of carbonyl (C=O) groups excluding carboxylic acids is 1. The maximum Gasteiger partial charge on any atom is 0.141 e. The number of Topliss-reactive ketones (excluding diaryl/α,β-unsaturated/α-hetero) is 1. The van der Waals surface area contributed by atoms with Crippen LogP contribution in [-0.2, 0) is 17.6 Å². The van der Waals surface area contributed by atoms with Gasteiger partial charge in [0.25, 0.3) is 0 Å². The van der Waals surface area contributed by atoms with Gasteiger partial charge in [-0.1, -0.05) is 46.3 Å². The van der Waals surface area contributed by atoms with Crippen LogP contribution >= 0.6 is 15.9 Å². The molecule has 2 rings (SSSR count). The Kier molecular flexibility index (Phi) is 4.74. The zero-order chi connectivity index (χ0) is 13.7. The van der Waals surface area contributed by atoms with E-state index in [1.54, 1.807) is 7.11 Å². The number of ketones is 1. The minimum absolute atomic E-state index is 0.183. The van der Waals surface area contributed by atoms with Crippen LogP contribution < -0.4 is 4.74 Å². The third-order valence-electron chi connectivity index (χ3n) is 2.87. The summed E-state index contributed by atoms with van der Waals surface area (Å²) in [5.41, 5.74) is 1.96. The topological polar surface area (TPSA) is 26.3 Å². The van der Waals surface area contributed by atoms with E-state index in [4.69, 9.17) is 4.74 Å². The molecule has 0 aliphatic carbocycles. The first-order chi connectivity index (χ1) is 9.19. The summed E-state index contributed by atoms with van der Waals surface area (Å²) in [4.78, 5) is 12.1. The van der Waals surface area contributed by atoms with Gasteiger partial charge in [0.15, 0.2) is 0 Å². The van der Waals surface area contributed by atoms with E-state index in [9.17, 15) is 4.79 Å². The van der Waals surface area contributed by atoms with Gasteiger partial charge in [0.2, 0.25) is 0 Å². The summed E-state index contributed by atoms with van der Waals surface area (Å²) in [5.74, 6) is 0.937. The van der Waals surface area contributed by atoms with Gasteiger partial charge in [-0.3, -0.25) is 4.79 Å². The normalized spacial score (nSPS) is 10.2. The van der Waals surface area contributed by atoms with Gasteiger partial charge in [-0.15, -0.1) is 0 Å². The van der Waals surface area contributed by atoms with Crippen molar-refractivity contribution in [2.24, 2.45) is 0 Å². The van der Waals surface area contributed by atoms with Gasteiger partial charge in [-0.05, 0) is 23.8 Å². The van der Waals surface area contributed by atoms with Crippen molar-refractivity contribution >= 4 is 21.7 Å². The van der Waals surface area contributed by atoms with Crippen LogP contribution in [0.15, 0.2) is 53.0 Å². The Balaban J connectivity index is 2.09. The summed E-state index contributed by atoms with van der Waals surface area (Å²) < 4.78 is 6.23. The number of rotatable bonds is 5. The third kappa shape index (κ3) is 3.93. The van der Waals surface area contributed by atoms with Crippen LogP contribution in [0.4, 0.5) is 0 Å². The van der Waals surface area contributed by atoms with Gasteiger partial charge >= 0.3 is 0 Å². The highest BCUT2D eigenvalue weighted by Gasteiger charge is 2.10. The Hall–Kier alpha value is -1.61. The zero-order valence-electron chi connectivity index (χ0n) is 10.7. The Labute approximate surface area is 121 Å². The highest BCUT2D eigenvalue weighted by molar-refractivity contribution is 9.10. The molecule has 0 saturated heterocycles. The summed E-state index contributed by atoms with van der Waals surface area (Å²) in [7, 11) is 1.62. The van der Waals surface area contributed by atoms with Crippen molar-refractivity contribution in [1.82, 2.24) is 0 Å². The smallest absolute Gasteiger partial charge is 0.141 e. The molecule has 0 N–H and O–H groups in total. The van der Waals surface area contributed by atoms with Gasteiger partial charge in [0, 0.05) is 22.9 Å². The molecule has 2 aromatic rings. The molecule has 98 valence electrons. The van der Waals surface area contributed by atoms with Gasteiger partial charge in [-0.25, -0.2) is 0 Å². The van der Waals surface area contributed by atoms with Crippen LogP contribution in [0.5, 0.6) is 5.75 Å². The van der Waals surface area contributed by atoms with E-state index in [1.165, 1.54) is 0 Å². The summed E-state index contributed by atoms with van der Waals surface area (Å²) in [6.45, 7) is 0. The first-order valence-electron chi connectivity index (χ1n) is 6.07. The molecule has 0 fully saturated rings. The first kappa shape index (κ1) is 13.8. The molecule has 0 heterocycles. The van der Waals surface area contributed by atoms with E-state index in [0.29, 0.717) is 12.8 Å². The van der Waals surface area contributed by atoms with Crippen LogP contribution in [0.3, 0.4) is 0 Å². The van der Waals surface area contributed by atoms with E-state index < -0.39 is 0 Å². The predicted octanol–water partition coefficient (Wildman–Crippen LogP) is 3.81. The molecule has 0 saturated carbocycles. The molecule has 2 aromatic carbocycles. The van der Waals surface area contributed by atoms with Crippen molar-refractivity contribution in [3.05, 3.63) is 64.1 Å². The molecule has 0 aliphatic rings. The molecular weight excluding hydrogens is 304 g/mol. The minimum atomic E-state index is 0.183. The standard InChI is InChI=1S/C16H15BrO2/c1-19-16-8-7-14(17)10-13(16)11-15(18)9-12-5-3-2-4-6-12/h2-8,10H,9,11H2,1H3. The summed E-state index contributed by atoms with van der Waals surface area (Å²) in [6, 6.07) is 15.5. The van der Waals surface area contributed by atoms with Gasteiger partial charge in [0.05, 0.1) is 7.11 Å². The highest BCUT2D eigenvalue weighted by atomic mass is 79.9. The van der Waals surface area contributed by atoms with Crippen molar-refractivity contribution in [1.29, 1.82) is 0 Å². The summed E-state index contributed by atoms with van der Waals surface area (Å²) in [6.07, 6.45) is 0.841. The number of hydrogen-bond donors (Lipinski definition) is 0. The van der Waals surface area contributed by atoms with E-state index in [0.717, 1.165) is 21.3 Å². The molecule has 0 spiro atoms. The highest BCUT2D eigenvalue weighted by Crippen LogP contribution is 2.23. The molecule has 3 heteroatoms. The number of hydrogen-bond acceptors (Lipinski definition) is 2. The fraction of sp³-hybridized carbons (Fsp3) is 0.188. The fourth-order valence-corrected chi connectivity index (χ4v) is 2.39. The van der Waals surface area contributed by atoms with E-state index in [1.807, 2.05) is 48.5 Å². The van der Waals surface area contributed by atoms with E-state index in [-0.39, 0.29) is 5.78 Å². The molecule has 0 radical (unpaired) electrons. The van der Waals surface area contributed by atoms with Gasteiger partial charge < -0.3 is 4.74 Å². The van der Waals surface area contributed by atoms with Gasteiger partial charge in [-0.2, -0.15) is 0 Å². The molecule has 19 heavy (non-hydrogen) atoms. The van der Waals surface area contributed by atoms with Crippen molar-refractivity contribution in [3.63, 3.8) is 0 Å². The van der Waals surface area contributed by atoms with Crippen LogP contribution in [0.2, 0.25) is 0 Å². The fourth-order valence-electron chi connectivity index (χ4n) is 1.98. The van der Waals surface area contributed by atoms with Crippen molar-refractivity contribution in [2.75, 3.05) is 7.11 Å². The van der Waals surface area contributed by atoms with Crippen LogP contribution in [-0.4, -0.2) is 12.9 Å². The number of benzene rings is 2. The maximum absolute atomic E-state index is 12.1. The average Bonchev–Trinajstić information content (AvgIpc) is 2.40. The molecule has 0 bridgehead atoms. The lowest BCUT2D eigenvalue weighted by atomic mass is 10.0. The molecule has 0 unspecified atom stereocenters. The monoisotopic (exact) mass is 318 g/mol. The molecule has 2 nitrogen and oxygen atoms in total. The second kappa shape index (κ2) is 6.53. The van der Waals surface area contributed by atoms with E-state index >= 15 is 0 Å². The first-order valence-corrected chi connectivity index (χ1v) is 6.86. The van der Waals surface area contributed by atoms with Crippen molar-refractivity contribution in [2.45, 2.75) is 12.8 Å². The zero-order valence-corrected chi connectivity index (χ0v) is 12.3. The minimum Gasteiger partial charge on any atom is -0.496 e. The van der Waals surface area contributed by atoms with Gasteiger partial charge in [0.1, 0.15) is 11.5 Å². The second-order valence-electron chi connectivity index (χ2n) is 4.33. The molecule has 0 amide bonds. The number of ether oxygens (including phenoxy) is 1. The quantitative estimate of drug-likeness (QED) is 0.838. The summed E-state index contributed by atoms with van der Waals surface area (Å²) >= 11 is 3.42. The number of halogens is 1. The largest absolute Gasteiger partial charge is 0.496 e. The van der Waals surface area contributed by atoms with Crippen molar-refractivity contribution in [3.8, 4) is 5.75 Å². The second-order valence-corrected chi connectivity index (χ2v) is 5.25. The molecule has 0 atom stereocenters. The molecule has 0 aliphatic heterocycles. The Bertz CT molecular complexity index is 564. The third-order valence-corrected chi connectivity index (χ3v) is 3.37. The van der Waals surface area contributed by atoms with Crippen LogP contribution in [0.25, 0.3) is 0 Å². The van der Waals surface area contributed by atoms with Crippen molar-refractivity contribution < 1.29 is 9.53 Å².